The first kappa shape index (κ1) is 19.2. The van der Waals surface area contributed by atoms with E-state index in [1.54, 1.807) is 0 Å². The molecule has 4 aromatic carbocycles. The molecule has 0 fully saturated rings. The predicted octanol–water partition coefficient (Wildman–Crippen LogP) is 8.76. The van der Waals surface area contributed by atoms with Gasteiger partial charge in [-0.15, -0.1) is 0 Å². The first-order chi connectivity index (χ1) is 14.7. The fourth-order valence-corrected chi connectivity index (χ4v) is 4.33. The van der Waals surface area contributed by atoms with Gasteiger partial charge in [0.25, 0.3) is 0 Å². The average molecular weight is 515 g/mol. The molecule has 3 heteroatoms. The maximum Gasteiger partial charge on any atom is 0.0794 e. The molecule has 0 spiro atoms. The van der Waals surface area contributed by atoms with Gasteiger partial charge in [-0.05, 0) is 35.2 Å². The quantitative estimate of drug-likeness (QED) is 0.234. The summed E-state index contributed by atoms with van der Waals surface area (Å²) in [6, 6.07) is 35.8. The largest absolute Gasteiger partial charge is 0.246 e. The van der Waals surface area contributed by atoms with E-state index in [-0.39, 0.29) is 0 Å². The van der Waals surface area contributed by atoms with Crippen LogP contribution in [0.2, 0.25) is 0 Å². The molecule has 0 saturated heterocycles. The van der Waals surface area contributed by atoms with E-state index in [2.05, 4.69) is 129 Å². The molecular formula is C27H17Br2N. The molecule has 0 bridgehead atoms. The van der Waals surface area contributed by atoms with E-state index in [0.29, 0.717) is 0 Å². The highest BCUT2D eigenvalue weighted by atomic mass is 79.9. The summed E-state index contributed by atoms with van der Waals surface area (Å²) in [4.78, 5) is 5.24. The lowest BCUT2D eigenvalue weighted by molar-refractivity contribution is 1.35. The Morgan fingerprint density at radius 1 is 0.433 bits per heavy atom. The summed E-state index contributed by atoms with van der Waals surface area (Å²) in [6.07, 6.45) is 0. The summed E-state index contributed by atoms with van der Waals surface area (Å²) < 4.78 is 2.12. The highest BCUT2D eigenvalue weighted by molar-refractivity contribution is 9.10. The van der Waals surface area contributed by atoms with E-state index in [4.69, 9.17) is 4.98 Å². The third-order valence-corrected chi connectivity index (χ3v) is 6.27. The predicted molar refractivity (Wildman–Crippen MR) is 133 cm³/mol. The van der Waals surface area contributed by atoms with Gasteiger partial charge in [0.1, 0.15) is 0 Å². The third kappa shape index (κ3) is 3.60. The maximum atomic E-state index is 5.24. The van der Waals surface area contributed by atoms with Crippen molar-refractivity contribution in [1.82, 2.24) is 4.98 Å². The number of rotatable bonds is 3. The van der Waals surface area contributed by atoms with Crippen molar-refractivity contribution < 1.29 is 0 Å². The van der Waals surface area contributed by atoms with E-state index in [0.717, 1.165) is 48.0 Å². The molecule has 5 rings (SSSR count). The van der Waals surface area contributed by atoms with Crippen LogP contribution in [0.1, 0.15) is 0 Å². The van der Waals surface area contributed by atoms with Crippen LogP contribution in [0.5, 0.6) is 0 Å². The van der Waals surface area contributed by atoms with Gasteiger partial charge in [-0.1, -0.05) is 111 Å². The van der Waals surface area contributed by atoms with E-state index in [9.17, 15) is 0 Å². The Kier molecular flexibility index (Phi) is 5.24. The van der Waals surface area contributed by atoms with Gasteiger partial charge in [0, 0.05) is 31.0 Å². The number of hydrogen-bond donors (Lipinski definition) is 0. The third-order valence-electron chi connectivity index (χ3n) is 5.21. The van der Waals surface area contributed by atoms with Crippen molar-refractivity contribution in [3.63, 3.8) is 0 Å². The van der Waals surface area contributed by atoms with Crippen molar-refractivity contribution in [2.45, 2.75) is 0 Å². The van der Waals surface area contributed by atoms with E-state index >= 15 is 0 Å². The molecule has 0 aliphatic rings. The second kappa shape index (κ2) is 8.17. The van der Waals surface area contributed by atoms with Gasteiger partial charge in [0.2, 0.25) is 0 Å². The highest BCUT2D eigenvalue weighted by Crippen LogP contribution is 2.41. The van der Waals surface area contributed by atoms with Gasteiger partial charge in [-0.25, -0.2) is 4.98 Å². The van der Waals surface area contributed by atoms with Gasteiger partial charge in [-0.2, -0.15) is 0 Å². The monoisotopic (exact) mass is 513 g/mol. The maximum absolute atomic E-state index is 5.24. The molecule has 0 amide bonds. The minimum absolute atomic E-state index is 0.988. The Bertz CT molecular complexity index is 1330. The summed E-state index contributed by atoms with van der Waals surface area (Å²) in [5.74, 6) is 0. The molecule has 1 heterocycles. The van der Waals surface area contributed by atoms with E-state index in [1.165, 1.54) is 5.39 Å². The number of fused-ring (bicyclic) bond motifs is 1. The Balaban J connectivity index is 1.90. The SMILES string of the molecule is Brc1ccc(-c2nc(-c3ccccc3)c3ccccc3c2-c2ccc(Br)cc2)cc1. The molecule has 30 heavy (non-hydrogen) atoms. The lowest BCUT2D eigenvalue weighted by Crippen LogP contribution is -1.96. The lowest BCUT2D eigenvalue weighted by atomic mass is 9.91. The van der Waals surface area contributed by atoms with Crippen LogP contribution < -0.4 is 0 Å². The number of nitrogens with zero attached hydrogens (tertiary/aromatic N) is 1. The van der Waals surface area contributed by atoms with Crippen molar-refractivity contribution in [3.8, 4) is 33.6 Å². The fourth-order valence-electron chi connectivity index (χ4n) is 3.80. The van der Waals surface area contributed by atoms with Gasteiger partial charge >= 0.3 is 0 Å². The highest BCUT2D eigenvalue weighted by Gasteiger charge is 2.17. The first-order valence-corrected chi connectivity index (χ1v) is 11.3. The van der Waals surface area contributed by atoms with Crippen LogP contribution >= 0.6 is 31.9 Å². The van der Waals surface area contributed by atoms with Crippen LogP contribution in [0.3, 0.4) is 0 Å². The molecule has 144 valence electrons. The van der Waals surface area contributed by atoms with Crippen LogP contribution in [0.4, 0.5) is 0 Å². The zero-order valence-electron chi connectivity index (χ0n) is 16.0. The molecule has 0 aliphatic carbocycles. The molecule has 0 N–H and O–H groups in total. The Morgan fingerprint density at radius 2 is 0.933 bits per heavy atom. The molecule has 1 aromatic heterocycles. The second-order valence-electron chi connectivity index (χ2n) is 7.11. The van der Waals surface area contributed by atoms with E-state index < -0.39 is 0 Å². The van der Waals surface area contributed by atoms with Gasteiger partial charge in [0.05, 0.1) is 11.4 Å². The first-order valence-electron chi connectivity index (χ1n) is 9.71. The Hall–Kier alpha value is -2.75. The van der Waals surface area contributed by atoms with Crippen LogP contribution in [0.25, 0.3) is 44.4 Å². The summed E-state index contributed by atoms with van der Waals surface area (Å²) in [5, 5.41) is 2.36. The standard InChI is InChI=1S/C27H17Br2N/c28-21-14-10-18(11-15-21)25-23-8-4-5-9-24(23)26(19-6-2-1-3-7-19)30-27(25)20-12-16-22(29)17-13-20/h1-17H. The Morgan fingerprint density at radius 3 is 1.57 bits per heavy atom. The zero-order chi connectivity index (χ0) is 20.5. The van der Waals surface area contributed by atoms with E-state index in [1.807, 2.05) is 6.07 Å². The molecule has 0 atom stereocenters. The van der Waals surface area contributed by atoms with Crippen molar-refractivity contribution in [3.05, 3.63) is 112 Å². The summed E-state index contributed by atoms with van der Waals surface area (Å²) in [6.45, 7) is 0. The fraction of sp³-hybridized carbons (Fsp3) is 0. The molecule has 5 aromatic rings. The number of halogens is 2. The van der Waals surface area contributed by atoms with Gasteiger partial charge in [0.15, 0.2) is 0 Å². The molecule has 0 radical (unpaired) electrons. The summed E-state index contributed by atoms with van der Waals surface area (Å²) >= 11 is 7.12. The lowest BCUT2D eigenvalue weighted by Gasteiger charge is -2.17. The number of hydrogen-bond acceptors (Lipinski definition) is 1. The van der Waals surface area contributed by atoms with Crippen molar-refractivity contribution in [2.24, 2.45) is 0 Å². The Labute approximate surface area is 192 Å². The van der Waals surface area contributed by atoms with Crippen molar-refractivity contribution >= 4 is 42.6 Å². The minimum Gasteiger partial charge on any atom is -0.246 e. The van der Waals surface area contributed by atoms with Crippen LogP contribution in [0.15, 0.2) is 112 Å². The van der Waals surface area contributed by atoms with Crippen LogP contribution in [0, 0.1) is 0 Å². The van der Waals surface area contributed by atoms with Crippen molar-refractivity contribution in [2.75, 3.05) is 0 Å². The average Bonchev–Trinajstić information content (AvgIpc) is 2.80. The van der Waals surface area contributed by atoms with Gasteiger partial charge in [-0.3, -0.25) is 0 Å². The smallest absolute Gasteiger partial charge is 0.0794 e. The summed E-state index contributed by atoms with van der Waals surface area (Å²) in [5.41, 5.74) is 6.51. The normalized spacial score (nSPS) is 11.0. The number of benzene rings is 4. The molecule has 1 nitrogen and oxygen atoms in total. The molecule has 0 unspecified atom stereocenters. The molecule has 0 saturated carbocycles. The zero-order valence-corrected chi connectivity index (χ0v) is 19.2. The second-order valence-corrected chi connectivity index (χ2v) is 8.94. The molecule has 0 aliphatic heterocycles. The van der Waals surface area contributed by atoms with Crippen LogP contribution in [-0.4, -0.2) is 4.98 Å². The van der Waals surface area contributed by atoms with Crippen LogP contribution in [-0.2, 0) is 0 Å². The molecular weight excluding hydrogens is 498 g/mol. The topological polar surface area (TPSA) is 12.9 Å². The van der Waals surface area contributed by atoms with Gasteiger partial charge < -0.3 is 0 Å². The van der Waals surface area contributed by atoms with Crippen molar-refractivity contribution in [1.29, 1.82) is 0 Å². The minimum atomic E-state index is 0.988. The number of aromatic nitrogens is 1. The number of pyridine rings is 1. The summed E-state index contributed by atoms with van der Waals surface area (Å²) in [7, 11) is 0.